The van der Waals surface area contributed by atoms with Crippen LogP contribution in [0.1, 0.15) is 13.3 Å². The number of likely N-dealkylation sites (tertiary alicyclic amines) is 1. The van der Waals surface area contributed by atoms with E-state index in [9.17, 15) is 8.42 Å². The highest BCUT2D eigenvalue weighted by Gasteiger charge is 2.26. The lowest BCUT2D eigenvalue weighted by Gasteiger charge is -2.15. The van der Waals surface area contributed by atoms with Crippen LogP contribution < -0.4 is 10.5 Å². The van der Waals surface area contributed by atoms with Gasteiger partial charge >= 0.3 is 0 Å². The largest absolute Gasteiger partial charge is 0.398 e. The van der Waals surface area contributed by atoms with Crippen molar-refractivity contribution in [3.05, 3.63) is 21.1 Å². The molecule has 1 aromatic carbocycles. The molecule has 1 aromatic rings. The van der Waals surface area contributed by atoms with Gasteiger partial charge in [-0.25, -0.2) is 13.1 Å². The van der Waals surface area contributed by atoms with Crippen LogP contribution in [0, 0.1) is 5.92 Å². The zero-order chi connectivity index (χ0) is 15.6. The molecule has 0 spiro atoms. The maximum Gasteiger partial charge on any atom is 0.243 e. The molecule has 118 valence electrons. The normalized spacial score (nSPS) is 20.0. The summed E-state index contributed by atoms with van der Waals surface area (Å²) in [7, 11) is -3.61. The van der Waals surface area contributed by atoms with Crippen molar-refractivity contribution in [1.82, 2.24) is 9.62 Å². The number of hydrogen-bond acceptors (Lipinski definition) is 4. The van der Waals surface area contributed by atoms with Crippen LogP contribution in [0.5, 0.6) is 0 Å². The predicted octanol–water partition coefficient (Wildman–Crippen LogP) is 2.41. The minimum absolute atomic E-state index is 0.107. The van der Waals surface area contributed by atoms with Gasteiger partial charge in [0.2, 0.25) is 10.0 Å². The van der Waals surface area contributed by atoms with Crippen molar-refractivity contribution in [2.45, 2.75) is 18.2 Å². The van der Waals surface area contributed by atoms with Crippen molar-refractivity contribution in [3.63, 3.8) is 0 Å². The molecular weight excluding hydrogens is 422 g/mol. The van der Waals surface area contributed by atoms with Gasteiger partial charge in [0.15, 0.2) is 0 Å². The van der Waals surface area contributed by atoms with E-state index in [0.717, 1.165) is 30.5 Å². The summed E-state index contributed by atoms with van der Waals surface area (Å²) in [6.07, 6.45) is 1.02. The highest BCUT2D eigenvalue weighted by molar-refractivity contribution is 9.11. The third-order valence-electron chi connectivity index (χ3n) is 3.69. The Kier molecular flexibility index (Phi) is 5.70. The van der Waals surface area contributed by atoms with E-state index >= 15 is 0 Å². The van der Waals surface area contributed by atoms with E-state index in [1.165, 1.54) is 0 Å². The number of sulfonamides is 1. The number of halogens is 2. The molecule has 2 rings (SSSR count). The van der Waals surface area contributed by atoms with E-state index < -0.39 is 10.0 Å². The average molecular weight is 441 g/mol. The maximum absolute atomic E-state index is 12.4. The molecular formula is C13H19Br2N3O2S. The first kappa shape index (κ1) is 17.2. The summed E-state index contributed by atoms with van der Waals surface area (Å²) >= 11 is 6.56. The molecule has 1 saturated heterocycles. The molecule has 3 N–H and O–H groups in total. The Morgan fingerprint density at radius 3 is 2.71 bits per heavy atom. The van der Waals surface area contributed by atoms with E-state index in [0.29, 0.717) is 16.9 Å². The smallest absolute Gasteiger partial charge is 0.243 e. The van der Waals surface area contributed by atoms with Crippen molar-refractivity contribution in [2.75, 3.05) is 31.9 Å². The van der Waals surface area contributed by atoms with Gasteiger partial charge in [-0.3, -0.25) is 0 Å². The fourth-order valence-electron chi connectivity index (χ4n) is 2.53. The van der Waals surface area contributed by atoms with Crippen molar-refractivity contribution in [3.8, 4) is 0 Å². The first-order valence-corrected chi connectivity index (χ1v) is 9.87. The molecule has 0 aliphatic carbocycles. The number of hydrogen-bond donors (Lipinski definition) is 2. The Labute approximate surface area is 142 Å². The second-order valence-electron chi connectivity index (χ2n) is 5.21. The summed E-state index contributed by atoms with van der Waals surface area (Å²) in [6.45, 7) is 5.55. The summed E-state index contributed by atoms with van der Waals surface area (Å²) in [6, 6.07) is 3.27. The van der Waals surface area contributed by atoms with E-state index in [1.807, 2.05) is 0 Å². The SMILES string of the molecule is CCN1CCC(CNS(=O)(=O)c2c(N)cc(Br)cc2Br)C1. The molecule has 1 atom stereocenters. The molecule has 1 unspecified atom stereocenters. The molecule has 0 aromatic heterocycles. The van der Waals surface area contributed by atoms with Crippen LogP contribution >= 0.6 is 31.9 Å². The Hall–Kier alpha value is -0.150. The Morgan fingerprint density at radius 1 is 1.43 bits per heavy atom. The van der Waals surface area contributed by atoms with Gasteiger partial charge < -0.3 is 10.6 Å². The number of nitrogens with one attached hydrogen (secondary N) is 1. The average Bonchev–Trinajstić information content (AvgIpc) is 2.82. The molecule has 1 heterocycles. The number of anilines is 1. The molecule has 21 heavy (non-hydrogen) atoms. The molecule has 0 bridgehead atoms. The lowest BCUT2D eigenvalue weighted by atomic mass is 10.1. The molecule has 8 heteroatoms. The summed E-state index contributed by atoms with van der Waals surface area (Å²) in [5, 5.41) is 0. The van der Waals surface area contributed by atoms with Gasteiger partial charge in [-0.1, -0.05) is 22.9 Å². The van der Waals surface area contributed by atoms with Gasteiger partial charge in [0.25, 0.3) is 0 Å². The van der Waals surface area contributed by atoms with Crippen LogP contribution in [0.25, 0.3) is 0 Å². The molecule has 0 amide bonds. The molecule has 1 fully saturated rings. The Morgan fingerprint density at radius 2 is 2.14 bits per heavy atom. The molecule has 0 saturated carbocycles. The first-order chi connectivity index (χ1) is 9.83. The highest BCUT2D eigenvalue weighted by atomic mass is 79.9. The minimum Gasteiger partial charge on any atom is -0.398 e. The summed E-state index contributed by atoms with van der Waals surface area (Å²) in [4.78, 5) is 2.43. The van der Waals surface area contributed by atoms with Gasteiger partial charge in [0.1, 0.15) is 4.90 Å². The van der Waals surface area contributed by atoms with E-state index in [2.05, 4.69) is 48.4 Å². The monoisotopic (exact) mass is 439 g/mol. The lowest BCUT2D eigenvalue weighted by molar-refractivity contribution is 0.342. The van der Waals surface area contributed by atoms with Gasteiger partial charge in [-0.2, -0.15) is 0 Å². The molecule has 1 aliphatic rings. The van der Waals surface area contributed by atoms with Crippen LogP contribution in [0.15, 0.2) is 26.0 Å². The minimum atomic E-state index is -3.61. The fourth-order valence-corrected chi connectivity index (χ4v) is 5.71. The molecule has 5 nitrogen and oxygen atoms in total. The summed E-state index contributed by atoms with van der Waals surface area (Å²) in [5.41, 5.74) is 6.08. The quantitative estimate of drug-likeness (QED) is 0.689. The van der Waals surface area contributed by atoms with Crippen molar-refractivity contribution in [1.29, 1.82) is 0 Å². The molecule has 1 aliphatic heterocycles. The van der Waals surface area contributed by atoms with E-state index in [4.69, 9.17) is 5.73 Å². The zero-order valence-electron chi connectivity index (χ0n) is 11.8. The third-order valence-corrected chi connectivity index (χ3v) is 6.57. The zero-order valence-corrected chi connectivity index (χ0v) is 15.8. The van der Waals surface area contributed by atoms with Gasteiger partial charge in [0, 0.05) is 22.0 Å². The topological polar surface area (TPSA) is 75.4 Å². The van der Waals surface area contributed by atoms with Crippen LogP contribution in [-0.2, 0) is 10.0 Å². The maximum atomic E-state index is 12.4. The van der Waals surface area contributed by atoms with Gasteiger partial charge in [0.05, 0.1) is 5.69 Å². The Balaban J connectivity index is 2.09. The second-order valence-corrected chi connectivity index (χ2v) is 8.68. The number of benzene rings is 1. The van der Waals surface area contributed by atoms with E-state index in [-0.39, 0.29) is 10.6 Å². The lowest BCUT2D eigenvalue weighted by Crippen LogP contribution is -2.31. The van der Waals surface area contributed by atoms with Crippen LogP contribution in [-0.4, -0.2) is 39.5 Å². The second kappa shape index (κ2) is 6.95. The molecule has 0 radical (unpaired) electrons. The highest BCUT2D eigenvalue weighted by Crippen LogP contribution is 2.31. The number of nitrogen functional groups attached to an aromatic ring is 1. The van der Waals surface area contributed by atoms with E-state index in [1.54, 1.807) is 12.1 Å². The van der Waals surface area contributed by atoms with Crippen molar-refractivity contribution in [2.24, 2.45) is 5.92 Å². The number of nitrogens with two attached hydrogens (primary N) is 1. The van der Waals surface area contributed by atoms with Crippen LogP contribution in [0.4, 0.5) is 5.69 Å². The van der Waals surface area contributed by atoms with Crippen molar-refractivity contribution < 1.29 is 8.42 Å². The third kappa shape index (κ3) is 4.19. The first-order valence-electron chi connectivity index (χ1n) is 6.80. The van der Waals surface area contributed by atoms with Crippen LogP contribution in [0.3, 0.4) is 0 Å². The number of rotatable bonds is 5. The van der Waals surface area contributed by atoms with Crippen molar-refractivity contribution >= 4 is 47.6 Å². The summed E-state index contributed by atoms with van der Waals surface area (Å²) < 4.78 is 28.8. The summed E-state index contributed by atoms with van der Waals surface area (Å²) in [5.74, 6) is 0.357. The Bertz CT molecular complexity index is 599. The van der Waals surface area contributed by atoms with Crippen LogP contribution in [0.2, 0.25) is 0 Å². The standard InChI is InChI=1S/C13H19Br2N3O2S/c1-2-18-4-3-9(8-18)7-17-21(19,20)13-11(15)5-10(14)6-12(13)16/h5-6,9,17H,2-4,7-8,16H2,1H3. The fraction of sp³-hybridized carbons (Fsp3) is 0.538. The number of nitrogens with zero attached hydrogens (tertiary/aromatic N) is 1. The van der Waals surface area contributed by atoms with Gasteiger partial charge in [-0.05, 0) is 53.5 Å². The predicted molar refractivity (Wildman–Crippen MR) is 91.7 cm³/mol. The van der Waals surface area contributed by atoms with Gasteiger partial charge in [-0.15, -0.1) is 0 Å².